The van der Waals surface area contributed by atoms with E-state index in [4.69, 9.17) is 0 Å². The first-order valence-electron chi connectivity index (χ1n) is 17.8. The van der Waals surface area contributed by atoms with Gasteiger partial charge in [-0.3, -0.25) is 19.2 Å². The second-order valence-corrected chi connectivity index (χ2v) is 13.2. The van der Waals surface area contributed by atoms with Gasteiger partial charge in [-0.2, -0.15) is 0 Å². The first kappa shape index (κ1) is 33.8. The van der Waals surface area contributed by atoms with Crippen LogP contribution in [0.1, 0.15) is 0 Å². The number of H-pyrrole nitrogens is 4. The van der Waals surface area contributed by atoms with Crippen molar-refractivity contribution in [2.75, 3.05) is 0 Å². The third-order valence-corrected chi connectivity index (χ3v) is 9.57. The Bertz CT molecular complexity index is 2870. The molecule has 0 amide bonds. The Morgan fingerprint density at radius 3 is 1.04 bits per heavy atom. The molecule has 0 aliphatic rings. The standard InChI is InChI=1S/C24H16N2O2.C22H14N4O2/c27-23-13-19(15-7-3-1-4-8-15)25-21-11-18-22(12-17(21)23)26-20(14-24(18)28)16-9-5-2-6-10-16;27-21-15-12-18-16(22(28)26-20(24-18)14-9-5-2-6-10-14)11-17(15)23-19(25-21)13-7-3-1-4-8-13/h1-14H,(H,25,27)(H,26,28);1-12H,(H,23,25,27)(H,24,26,28). The van der Waals surface area contributed by atoms with Crippen molar-refractivity contribution >= 4 is 43.6 Å². The number of nitrogens with zero attached hydrogens (tertiary/aromatic N) is 2. The van der Waals surface area contributed by atoms with Crippen molar-refractivity contribution in [3.05, 3.63) is 199 Å². The first-order chi connectivity index (χ1) is 27.4. The topological polar surface area (TPSA) is 157 Å². The van der Waals surface area contributed by atoms with Crippen molar-refractivity contribution in [3.8, 4) is 45.3 Å². The molecule has 10 nitrogen and oxygen atoms in total. The van der Waals surface area contributed by atoms with Crippen LogP contribution in [0.25, 0.3) is 88.9 Å². The van der Waals surface area contributed by atoms with Crippen molar-refractivity contribution in [2.24, 2.45) is 0 Å². The van der Waals surface area contributed by atoms with Crippen LogP contribution in [0, 0.1) is 0 Å². The van der Waals surface area contributed by atoms with E-state index in [1.54, 1.807) is 36.4 Å². The summed E-state index contributed by atoms with van der Waals surface area (Å²) in [5.74, 6) is 0.922. The smallest absolute Gasteiger partial charge is 0.259 e. The fourth-order valence-corrected chi connectivity index (χ4v) is 6.78. The van der Waals surface area contributed by atoms with Crippen LogP contribution >= 0.6 is 0 Å². The normalized spacial score (nSPS) is 11.1. The Hall–Kier alpha value is -7.98. The van der Waals surface area contributed by atoms with Crippen molar-refractivity contribution in [2.45, 2.75) is 0 Å². The van der Waals surface area contributed by atoms with E-state index in [0.717, 1.165) is 33.6 Å². The molecule has 4 aromatic heterocycles. The molecule has 56 heavy (non-hydrogen) atoms. The van der Waals surface area contributed by atoms with Crippen LogP contribution in [0.5, 0.6) is 0 Å². The van der Waals surface area contributed by atoms with E-state index in [1.165, 1.54) is 0 Å². The molecule has 0 radical (unpaired) electrons. The molecular weight excluding hydrogens is 701 g/mol. The largest absolute Gasteiger partial charge is 0.354 e. The van der Waals surface area contributed by atoms with Crippen LogP contribution in [0.4, 0.5) is 0 Å². The van der Waals surface area contributed by atoms with Crippen molar-refractivity contribution in [1.29, 1.82) is 0 Å². The van der Waals surface area contributed by atoms with Crippen LogP contribution in [0.2, 0.25) is 0 Å². The maximum Gasteiger partial charge on any atom is 0.259 e. The second-order valence-electron chi connectivity index (χ2n) is 13.2. The lowest BCUT2D eigenvalue weighted by atomic mass is 10.1. The van der Waals surface area contributed by atoms with Crippen molar-refractivity contribution in [3.63, 3.8) is 0 Å². The van der Waals surface area contributed by atoms with Gasteiger partial charge in [0.15, 0.2) is 10.9 Å². The number of aromatic nitrogens is 6. The summed E-state index contributed by atoms with van der Waals surface area (Å²) in [4.78, 5) is 72.1. The summed E-state index contributed by atoms with van der Waals surface area (Å²) in [6, 6.07) is 48.0. The van der Waals surface area contributed by atoms with Gasteiger partial charge in [0.2, 0.25) is 0 Å². The zero-order valence-electron chi connectivity index (χ0n) is 29.5. The third kappa shape index (κ3) is 6.48. The number of rotatable bonds is 4. The number of nitrogens with one attached hydrogen (secondary N) is 4. The Morgan fingerprint density at radius 1 is 0.339 bits per heavy atom. The minimum atomic E-state index is -0.269. The van der Waals surface area contributed by atoms with Gasteiger partial charge in [0.25, 0.3) is 11.1 Å². The van der Waals surface area contributed by atoms with Gasteiger partial charge in [0.1, 0.15) is 11.6 Å². The van der Waals surface area contributed by atoms with Crippen molar-refractivity contribution < 1.29 is 0 Å². The maximum absolute atomic E-state index is 12.7. The number of benzene rings is 6. The molecule has 10 aromatic rings. The first-order valence-corrected chi connectivity index (χ1v) is 17.8. The molecule has 10 rings (SSSR count). The van der Waals surface area contributed by atoms with E-state index in [0.29, 0.717) is 55.3 Å². The highest BCUT2D eigenvalue weighted by atomic mass is 16.1. The number of pyridine rings is 2. The molecule has 268 valence electrons. The van der Waals surface area contributed by atoms with Gasteiger partial charge in [-0.1, -0.05) is 121 Å². The molecule has 0 aliphatic heterocycles. The average molecular weight is 731 g/mol. The summed E-state index contributed by atoms with van der Waals surface area (Å²) in [5, 5.41) is 1.88. The molecule has 6 aromatic carbocycles. The number of hydrogen-bond acceptors (Lipinski definition) is 6. The van der Waals surface area contributed by atoms with Crippen LogP contribution in [-0.4, -0.2) is 29.9 Å². The molecule has 0 aliphatic carbocycles. The highest BCUT2D eigenvalue weighted by Crippen LogP contribution is 2.24. The van der Waals surface area contributed by atoms with Gasteiger partial charge < -0.3 is 19.9 Å². The van der Waals surface area contributed by atoms with Crippen LogP contribution in [-0.2, 0) is 0 Å². The molecule has 0 unspecified atom stereocenters. The van der Waals surface area contributed by atoms with Gasteiger partial charge >= 0.3 is 0 Å². The summed E-state index contributed by atoms with van der Waals surface area (Å²) in [6.07, 6.45) is 0. The minimum absolute atomic E-state index is 0.0829. The lowest BCUT2D eigenvalue weighted by Crippen LogP contribution is -2.13. The van der Waals surface area contributed by atoms with Gasteiger partial charge in [-0.25, -0.2) is 9.97 Å². The summed E-state index contributed by atoms with van der Waals surface area (Å²) >= 11 is 0. The lowest BCUT2D eigenvalue weighted by Gasteiger charge is -2.08. The second kappa shape index (κ2) is 14.1. The number of hydrogen-bond donors (Lipinski definition) is 4. The van der Waals surface area contributed by atoms with Crippen molar-refractivity contribution in [1.82, 2.24) is 29.9 Å². The predicted octanol–water partition coefficient (Wildman–Crippen LogP) is 8.20. The van der Waals surface area contributed by atoms with Gasteiger partial charge in [-0.15, -0.1) is 0 Å². The van der Waals surface area contributed by atoms with E-state index >= 15 is 0 Å². The highest BCUT2D eigenvalue weighted by molar-refractivity contribution is 5.96. The molecule has 0 atom stereocenters. The summed E-state index contributed by atoms with van der Waals surface area (Å²) in [5.41, 5.74) is 6.41. The zero-order valence-corrected chi connectivity index (χ0v) is 29.5. The lowest BCUT2D eigenvalue weighted by molar-refractivity contribution is 1.16. The number of aromatic amines is 4. The van der Waals surface area contributed by atoms with Crippen LogP contribution < -0.4 is 22.0 Å². The van der Waals surface area contributed by atoms with E-state index in [1.807, 2.05) is 121 Å². The molecular formula is C46H30N6O4. The molecule has 0 bridgehead atoms. The van der Waals surface area contributed by atoms with E-state index in [-0.39, 0.29) is 22.0 Å². The summed E-state index contributed by atoms with van der Waals surface area (Å²) in [7, 11) is 0. The quantitative estimate of drug-likeness (QED) is 0.134. The van der Waals surface area contributed by atoms with Gasteiger partial charge in [0, 0.05) is 45.4 Å². The van der Waals surface area contributed by atoms with Crippen LogP contribution in [0.15, 0.2) is 177 Å². The van der Waals surface area contributed by atoms with Gasteiger partial charge in [-0.05, 0) is 35.4 Å². The number of fused-ring (bicyclic) bond motifs is 4. The van der Waals surface area contributed by atoms with Crippen LogP contribution in [0.3, 0.4) is 0 Å². The predicted molar refractivity (Wildman–Crippen MR) is 223 cm³/mol. The van der Waals surface area contributed by atoms with E-state index in [9.17, 15) is 19.2 Å². The SMILES string of the molecule is O=c1[nH]c(-c2ccccc2)nc2cc3c(=O)[nH]c(-c4ccccc4)nc3cc12.O=c1cc(-c2ccccc2)[nH]c2cc3c(=O)cc(-c4ccccc4)[nH]c3cc12. The molecule has 0 saturated heterocycles. The highest BCUT2D eigenvalue weighted by Gasteiger charge is 2.13. The molecule has 0 fully saturated rings. The maximum atomic E-state index is 12.7. The fraction of sp³-hybridized carbons (Fsp3) is 0. The Kier molecular flexibility index (Phi) is 8.52. The monoisotopic (exact) mass is 730 g/mol. The molecule has 0 saturated carbocycles. The molecule has 4 heterocycles. The average Bonchev–Trinajstić information content (AvgIpc) is 3.24. The van der Waals surface area contributed by atoms with Gasteiger partial charge in [0.05, 0.1) is 32.8 Å². The zero-order chi connectivity index (χ0) is 38.2. The summed E-state index contributed by atoms with van der Waals surface area (Å²) < 4.78 is 0. The molecule has 4 N–H and O–H groups in total. The fourth-order valence-electron chi connectivity index (χ4n) is 6.78. The van der Waals surface area contributed by atoms with E-state index < -0.39 is 0 Å². The Balaban J connectivity index is 0.000000146. The summed E-state index contributed by atoms with van der Waals surface area (Å²) in [6.45, 7) is 0. The molecule has 0 spiro atoms. The Labute approximate surface area is 316 Å². The minimum Gasteiger partial charge on any atom is -0.354 e. The third-order valence-electron chi connectivity index (χ3n) is 9.57. The van der Waals surface area contributed by atoms with E-state index in [2.05, 4.69) is 29.9 Å². The molecule has 10 heteroatoms. The Morgan fingerprint density at radius 2 is 0.679 bits per heavy atom.